The molecule has 3 amide bonds. The molecule has 0 bridgehead atoms. The lowest BCUT2D eigenvalue weighted by atomic mass is 10.0. The number of aromatic nitrogens is 2. The van der Waals surface area contributed by atoms with Gasteiger partial charge in [0, 0.05) is 37.0 Å². The molecule has 2 N–H and O–H groups in total. The fraction of sp³-hybridized carbons (Fsp3) is 0.190. The normalized spacial score (nSPS) is 13.0. The zero-order valence-electron chi connectivity index (χ0n) is 15.9. The Balaban J connectivity index is 1.53. The fourth-order valence-corrected chi connectivity index (χ4v) is 3.42. The number of amides is 3. The molecule has 2 aromatic carbocycles. The van der Waals surface area contributed by atoms with Crippen molar-refractivity contribution in [1.82, 2.24) is 14.7 Å². The molecular formula is C21H20FN5O2. The van der Waals surface area contributed by atoms with E-state index in [1.165, 1.54) is 12.1 Å². The number of anilines is 2. The largest absolute Gasteiger partial charge is 0.322 e. The van der Waals surface area contributed by atoms with Crippen LogP contribution in [0.2, 0.25) is 0 Å². The van der Waals surface area contributed by atoms with E-state index in [9.17, 15) is 14.0 Å². The van der Waals surface area contributed by atoms with Crippen LogP contribution >= 0.6 is 0 Å². The number of carbonyl (C=O) groups excluding carboxylic acids is 2. The summed E-state index contributed by atoms with van der Waals surface area (Å²) in [4.78, 5) is 26.9. The molecule has 1 aliphatic rings. The van der Waals surface area contributed by atoms with Gasteiger partial charge in [-0.3, -0.25) is 9.48 Å². The predicted octanol–water partition coefficient (Wildman–Crippen LogP) is 3.40. The molecule has 3 aromatic rings. The summed E-state index contributed by atoms with van der Waals surface area (Å²) < 4.78 is 15.5. The van der Waals surface area contributed by atoms with Crippen molar-refractivity contribution in [3.63, 3.8) is 0 Å². The Morgan fingerprint density at radius 2 is 1.76 bits per heavy atom. The maximum Gasteiger partial charge on any atom is 0.322 e. The molecule has 0 aliphatic carbocycles. The van der Waals surface area contributed by atoms with Crippen LogP contribution in [-0.2, 0) is 20.0 Å². The second-order valence-corrected chi connectivity index (χ2v) is 6.80. The standard InChI is InChI=1S/C21H20FN5O2/c1-26-18-11-12-27(21(29)24-17-10-6-5-9-16(17)22)13-15(18)19(25-26)20(28)23-14-7-3-2-4-8-14/h2-10H,11-13H2,1H3,(H,23,28)(H,24,29). The Bertz CT molecular complexity index is 1060. The predicted molar refractivity (Wildman–Crippen MR) is 107 cm³/mol. The zero-order chi connectivity index (χ0) is 20.4. The molecule has 0 spiro atoms. The number of para-hydroxylation sites is 2. The van der Waals surface area contributed by atoms with Crippen molar-refractivity contribution in [1.29, 1.82) is 0 Å². The van der Waals surface area contributed by atoms with Crippen LogP contribution in [0.5, 0.6) is 0 Å². The number of rotatable bonds is 3. The molecule has 8 heteroatoms. The summed E-state index contributed by atoms with van der Waals surface area (Å²) in [6.07, 6.45) is 0.558. The van der Waals surface area contributed by atoms with Crippen molar-refractivity contribution in [3.05, 3.63) is 77.4 Å². The second kappa shape index (κ2) is 7.75. The van der Waals surface area contributed by atoms with Crippen molar-refractivity contribution in [2.24, 2.45) is 7.05 Å². The van der Waals surface area contributed by atoms with Crippen LogP contribution in [0.25, 0.3) is 0 Å². The molecule has 1 aliphatic heterocycles. The molecule has 0 saturated carbocycles. The number of hydrogen-bond acceptors (Lipinski definition) is 3. The van der Waals surface area contributed by atoms with Crippen LogP contribution in [0.3, 0.4) is 0 Å². The van der Waals surface area contributed by atoms with Gasteiger partial charge < -0.3 is 15.5 Å². The van der Waals surface area contributed by atoms with Crippen LogP contribution in [0.15, 0.2) is 54.6 Å². The van der Waals surface area contributed by atoms with Crippen molar-refractivity contribution in [3.8, 4) is 0 Å². The van der Waals surface area contributed by atoms with Crippen LogP contribution in [0.1, 0.15) is 21.7 Å². The number of aryl methyl sites for hydroxylation is 1. The summed E-state index contributed by atoms with van der Waals surface area (Å²) in [5, 5.41) is 9.79. The Hall–Kier alpha value is -3.68. The highest BCUT2D eigenvalue weighted by atomic mass is 19.1. The number of benzene rings is 2. The minimum absolute atomic E-state index is 0.122. The topological polar surface area (TPSA) is 79.3 Å². The molecule has 2 heterocycles. The number of fused-ring (bicyclic) bond motifs is 1. The summed E-state index contributed by atoms with van der Waals surface area (Å²) in [6, 6.07) is 14.7. The van der Waals surface area contributed by atoms with E-state index < -0.39 is 11.8 Å². The van der Waals surface area contributed by atoms with Gasteiger partial charge >= 0.3 is 6.03 Å². The van der Waals surface area contributed by atoms with Gasteiger partial charge in [0.15, 0.2) is 5.69 Å². The highest BCUT2D eigenvalue weighted by Gasteiger charge is 2.29. The number of halogens is 1. The van der Waals surface area contributed by atoms with Crippen LogP contribution in [0.4, 0.5) is 20.6 Å². The summed E-state index contributed by atoms with van der Waals surface area (Å²) in [6.45, 7) is 0.674. The molecule has 148 valence electrons. The smallest absolute Gasteiger partial charge is 0.321 e. The first-order valence-electron chi connectivity index (χ1n) is 9.24. The van der Waals surface area contributed by atoms with Gasteiger partial charge in [0.2, 0.25) is 0 Å². The first kappa shape index (κ1) is 18.7. The van der Waals surface area contributed by atoms with Gasteiger partial charge in [0.25, 0.3) is 5.91 Å². The van der Waals surface area contributed by atoms with E-state index in [-0.39, 0.29) is 23.8 Å². The van der Waals surface area contributed by atoms with Gasteiger partial charge in [-0.2, -0.15) is 5.10 Å². The maximum absolute atomic E-state index is 13.8. The van der Waals surface area contributed by atoms with E-state index in [4.69, 9.17) is 0 Å². The lowest BCUT2D eigenvalue weighted by Crippen LogP contribution is -2.39. The first-order valence-corrected chi connectivity index (χ1v) is 9.24. The SMILES string of the molecule is Cn1nc(C(=O)Nc2ccccc2)c2c1CCN(C(=O)Nc1ccccc1F)C2. The van der Waals surface area contributed by atoms with Gasteiger partial charge in [-0.1, -0.05) is 30.3 Å². The summed E-state index contributed by atoms with van der Waals surface area (Å²) in [5.74, 6) is -0.827. The number of carbonyl (C=O) groups is 2. The fourth-order valence-electron chi connectivity index (χ4n) is 3.42. The quantitative estimate of drug-likeness (QED) is 0.716. The third-order valence-electron chi connectivity index (χ3n) is 4.89. The Morgan fingerprint density at radius 1 is 1.03 bits per heavy atom. The molecule has 0 radical (unpaired) electrons. The van der Waals surface area contributed by atoms with E-state index in [0.29, 0.717) is 24.2 Å². The van der Waals surface area contributed by atoms with Crippen molar-refractivity contribution >= 4 is 23.3 Å². The van der Waals surface area contributed by atoms with Crippen molar-refractivity contribution in [2.45, 2.75) is 13.0 Å². The highest BCUT2D eigenvalue weighted by molar-refractivity contribution is 6.04. The molecule has 29 heavy (non-hydrogen) atoms. The van der Waals surface area contributed by atoms with Gasteiger partial charge in [0.05, 0.1) is 12.2 Å². The van der Waals surface area contributed by atoms with Crippen LogP contribution < -0.4 is 10.6 Å². The molecule has 0 unspecified atom stereocenters. The molecule has 1 aromatic heterocycles. The minimum atomic E-state index is -0.497. The van der Waals surface area contributed by atoms with E-state index in [1.54, 1.807) is 40.9 Å². The Labute approximate surface area is 167 Å². The summed E-state index contributed by atoms with van der Waals surface area (Å²) in [5.41, 5.74) is 2.70. The van der Waals surface area contributed by atoms with E-state index in [2.05, 4.69) is 15.7 Å². The van der Waals surface area contributed by atoms with E-state index >= 15 is 0 Å². The third kappa shape index (κ3) is 3.82. The van der Waals surface area contributed by atoms with Gasteiger partial charge in [0.1, 0.15) is 5.82 Å². The third-order valence-corrected chi connectivity index (χ3v) is 4.89. The van der Waals surface area contributed by atoms with Gasteiger partial charge in [-0.15, -0.1) is 0 Å². The second-order valence-electron chi connectivity index (χ2n) is 6.80. The molecule has 0 atom stereocenters. The first-order chi connectivity index (χ1) is 14.0. The van der Waals surface area contributed by atoms with Crippen LogP contribution in [0, 0.1) is 5.82 Å². The number of nitrogens with zero attached hydrogens (tertiary/aromatic N) is 3. The Morgan fingerprint density at radius 3 is 2.52 bits per heavy atom. The molecule has 0 saturated heterocycles. The number of nitrogens with one attached hydrogen (secondary N) is 2. The zero-order valence-corrected chi connectivity index (χ0v) is 15.9. The summed E-state index contributed by atoms with van der Waals surface area (Å²) >= 11 is 0. The van der Waals surface area contributed by atoms with Crippen molar-refractivity contribution in [2.75, 3.05) is 17.2 Å². The van der Waals surface area contributed by atoms with Gasteiger partial charge in [-0.05, 0) is 24.3 Å². The number of urea groups is 1. The molecule has 4 rings (SSSR count). The summed E-state index contributed by atoms with van der Waals surface area (Å²) in [7, 11) is 1.78. The van der Waals surface area contributed by atoms with Crippen molar-refractivity contribution < 1.29 is 14.0 Å². The average Bonchev–Trinajstić information content (AvgIpc) is 3.06. The van der Waals surface area contributed by atoms with Crippen LogP contribution in [-0.4, -0.2) is 33.2 Å². The Kier molecular flexibility index (Phi) is 4.99. The molecule has 7 nitrogen and oxygen atoms in total. The average molecular weight is 393 g/mol. The highest BCUT2D eigenvalue weighted by Crippen LogP contribution is 2.24. The number of hydrogen-bond donors (Lipinski definition) is 2. The lowest BCUT2D eigenvalue weighted by molar-refractivity contribution is 0.101. The van der Waals surface area contributed by atoms with E-state index in [1.807, 2.05) is 18.2 Å². The molecular weight excluding hydrogens is 373 g/mol. The monoisotopic (exact) mass is 393 g/mol. The lowest BCUT2D eigenvalue weighted by Gasteiger charge is -2.27. The maximum atomic E-state index is 13.8. The minimum Gasteiger partial charge on any atom is -0.321 e. The van der Waals surface area contributed by atoms with E-state index in [0.717, 1.165) is 5.69 Å². The molecule has 0 fully saturated rings. The van der Waals surface area contributed by atoms with Gasteiger partial charge in [-0.25, -0.2) is 9.18 Å².